The van der Waals surface area contributed by atoms with Crippen molar-refractivity contribution in [2.45, 2.75) is 0 Å². The van der Waals surface area contributed by atoms with Gasteiger partial charge in [0, 0.05) is 11.1 Å². The van der Waals surface area contributed by atoms with E-state index in [1.807, 2.05) is 6.07 Å². The molecule has 5 nitrogen and oxygen atoms in total. The molecule has 3 aromatic carbocycles. The zero-order chi connectivity index (χ0) is 21.5. The molecule has 2 aromatic heterocycles. The number of rotatable bonds is 4. The minimum atomic E-state index is -0.630. The zero-order valence-electron chi connectivity index (χ0n) is 15.4. The number of halogens is 4. The van der Waals surface area contributed by atoms with Crippen molar-refractivity contribution in [3.63, 3.8) is 0 Å². The third-order valence-corrected chi connectivity index (χ3v) is 5.94. The largest absolute Gasteiger partial charge is 0.454 e. The number of aromatic nitrogens is 4. The van der Waals surface area contributed by atoms with E-state index in [2.05, 4.69) is 15.3 Å². The smallest absolute Gasteiger partial charge is 0.235 e. The predicted octanol–water partition coefficient (Wildman–Crippen LogP) is 6.90. The first-order chi connectivity index (χ1) is 15.0. The molecule has 0 N–H and O–H groups in total. The lowest BCUT2D eigenvalue weighted by Crippen LogP contribution is -1.94. The van der Waals surface area contributed by atoms with Crippen LogP contribution >= 0.6 is 34.5 Å². The van der Waals surface area contributed by atoms with E-state index in [9.17, 15) is 8.78 Å². The van der Waals surface area contributed by atoms with Crippen LogP contribution in [0.15, 0.2) is 60.7 Å². The minimum absolute atomic E-state index is 0.0673. The fourth-order valence-corrected chi connectivity index (χ4v) is 4.23. The summed E-state index contributed by atoms with van der Waals surface area (Å²) in [5.41, 5.74) is 0.933. The second-order valence-corrected chi connectivity index (χ2v) is 8.20. The number of para-hydroxylation sites is 1. The van der Waals surface area contributed by atoms with Gasteiger partial charge in [0.15, 0.2) is 17.4 Å². The quantitative estimate of drug-likeness (QED) is 0.266. The molecule has 0 saturated heterocycles. The molecule has 0 bridgehead atoms. The van der Waals surface area contributed by atoms with E-state index in [0.717, 1.165) is 0 Å². The fraction of sp³-hybridized carbons (Fsp3) is 0. The Morgan fingerprint density at radius 3 is 2.48 bits per heavy atom. The van der Waals surface area contributed by atoms with Crippen molar-refractivity contribution in [1.82, 2.24) is 19.8 Å². The van der Waals surface area contributed by atoms with Gasteiger partial charge in [0.05, 0.1) is 10.0 Å². The lowest BCUT2D eigenvalue weighted by Gasteiger charge is -2.07. The Kier molecular flexibility index (Phi) is 5.05. The normalized spacial score (nSPS) is 11.2. The lowest BCUT2D eigenvalue weighted by atomic mass is 10.2. The van der Waals surface area contributed by atoms with Crippen molar-refractivity contribution in [2.24, 2.45) is 0 Å². The SMILES string of the molecule is Fc1cc(-c2nnc3sc(-c4ccc(F)c(Oc5ccccc5)c4)nn23)c(Cl)cc1Cl. The first-order valence-electron chi connectivity index (χ1n) is 8.89. The Labute approximate surface area is 188 Å². The minimum Gasteiger partial charge on any atom is -0.454 e. The van der Waals surface area contributed by atoms with Crippen LogP contribution in [0.1, 0.15) is 0 Å². The van der Waals surface area contributed by atoms with E-state index in [0.29, 0.717) is 26.8 Å². The third-order valence-electron chi connectivity index (χ3n) is 4.39. The highest BCUT2D eigenvalue weighted by molar-refractivity contribution is 7.19. The van der Waals surface area contributed by atoms with E-state index in [1.165, 1.54) is 34.1 Å². The van der Waals surface area contributed by atoms with Gasteiger partial charge < -0.3 is 4.74 Å². The van der Waals surface area contributed by atoms with Crippen LogP contribution in [0.2, 0.25) is 10.0 Å². The van der Waals surface area contributed by atoms with Crippen LogP contribution in [0.5, 0.6) is 11.5 Å². The molecule has 0 aliphatic rings. The lowest BCUT2D eigenvalue weighted by molar-refractivity contribution is 0.442. The molecule has 0 atom stereocenters. The highest BCUT2D eigenvalue weighted by Gasteiger charge is 2.19. The molecule has 5 rings (SSSR count). The molecule has 5 aromatic rings. The van der Waals surface area contributed by atoms with Crippen LogP contribution < -0.4 is 4.74 Å². The van der Waals surface area contributed by atoms with Gasteiger partial charge in [-0.05, 0) is 42.5 Å². The Morgan fingerprint density at radius 1 is 0.871 bits per heavy atom. The summed E-state index contributed by atoms with van der Waals surface area (Å²) in [4.78, 5) is 0.464. The van der Waals surface area contributed by atoms with E-state index in [1.54, 1.807) is 36.4 Å². The molecule has 0 fully saturated rings. The van der Waals surface area contributed by atoms with Gasteiger partial charge in [0.2, 0.25) is 4.96 Å². The second kappa shape index (κ2) is 7.88. The number of hydrogen-bond donors (Lipinski definition) is 0. The van der Waals surface area contributed by atoms with Crippen LogP contribution in [0.25, 0.3) is 26.9 Å². The summed E-state index contributed by atoms with van der Waals surface area (Å²) >= 11 is 13.2. The van der Waals surface area contributed by atoms with Gasteiger partial charge in [-0.2, -0.15) is 9.61 Å². The van der Waals surface area contributed by atoms with Crippen molar-refractivity contribution in [3.05, 3.63) is 82.3 Å². The predicted molar refractivity (Wildman–Crippen MR) is 116 cm³/mol. The standard InChI is InChI=1S/C21H10Cl2F2N4OS/c22-14-10-15(23)17(25)9-13(14)19-26-27-21-29(19)28-20(31-21)11-6-7-16(24)18(8-11)30-12-4-2-1-3-5-12/h1-10H. The summed E-state index contributed by atoms with van der Waals surface area (Å²) in [6.45, 7) is 0. The van der Waals surface area contributed by atoms with Crippen LogP contribution in [0.4, 0.5) is 8.78 Å². The molecule has 0 spiro atoms. The van der Waals surface area contributed by atoms with Gasteiger partial charge in [0.25, 0.3) is 0 Å². The molecular weight excluding hydrogens is 465 g/mol. The summed E-state index contributed by atoms with van der Waals surface area (Å²) in [5, 5.41) is 13.3. The second-order valence-electron chi connectivity index (χ2n) is 6.43. The summed E-state index contributed by atoms with van der Waals surface area (Å²) in [6, 6.07) is 15.8. The first kappa shape index (κ1) is 19.9. The summed E-state index contributed by atoms with van der Waals surface area (Å²) < 4.78 is 35.4. The Hall–Kier alpha value is -3.07. The highest BCUT2D eigenvalue weighted by Crippen LogP contribution is 2.35. The average Bonchev–Trinajstić information content (AvgIpc) is 3.34. The Morgan fingerprint density at radius 2 is 1.68 bits per heavy atom. The number of ether oxygens (including phenoxy) is 1. The van der Waals surface area contributed by atoms with Gasteiger partial charge in [-0.1, -0.05) is 52.7 Å². The van der Waals surface area contributed by atoms with Gasteiger partial charge in [0.1, 0.15) is 16.6 Å². The molecular formula is C21H10Cl2F2N4OS. The molecule has 0 aliphatic carbocycles. The Bertz CT molecular complexity index is 1420. The molecule has 2 heterocycles. The number of hydrogen-bond acceptors (Lipinski definition) is 5. The summed E-state index contributed by atoms with van der Waals surface area (Å²) in [6.07, 6.45) is 0. The molecule has 0 unspecified atom stereocenters. The summed E-state index contributed by atoms with van der Waals surface area (Å²) in [7, 11) is 0. The van der Waals surface area contributed by atoms with Crippen LogP contribution in [0.3, 0.4) is 0 Å². The molecule has 0 radical (unpaired) electrons. The van der Waals surface area contributed by atoms with Gasteiger partial charge in [-0.15, -0.1) is 10.2 Å². The maximum absolute atomic E-state index is 14.3. The van der Waals surface area contributed by atoms with Gasteiger partial charge >= 0.3 is 0 Å². The molecule has 0 aliphatic heterocycles. The first-order valence-corrected chi connectivity index (χ1v) is 10.5. The Balaban J connectivity index is 1.55. The van der Waals surface area contributed by atoms with Crippen molar-refractivity contribution in [3.8, 4) is 33.5 Å². The molecule has 0 amide bonds. The fourth-order valence-electron chi connectivity index (χ4n) is 2.93. The van der Waals surface area contributed by atoms with Crippen molar-refractivity contribution >= 4 is 39.5 Å². The van der Waals surface area contributed by atoms with Gasteiger partial charge in [-0.25, -0.2) is 8.78 Å². The maximum Gasteiger partial charge on any atom is 0.235 e. The van der Waals surface area contributed by atoms with E-state index >= 15 is 0 Å². The van der Waals surface area contributed by atoms with E-state index in [-0.39, 0.29) is 21.6 Å². The molecule has 31 heavy (non-hydrogen) atoms. The van der Waals surface area contributed by atoms with Gasteiger partial charge in [-0.3, -0.25) is 0 Å². The van der Waals surface area contributed by atoms with Crippen LogP contribution in [-0.2, 0) is 0 Å². The number of benzene rings is 3. The van der Waals surface area contributed by atoms with E-state index in [4.69, 9.17) is 27.9 Å². The number of nitrogens with zero attached hydrogens (tertiary/aromatic N) is 4. The topological polar surface area (TPSA) is 52.3 Å². The highest BCUT2D eigenvalue weighted by atomic mass is 35.5. The summed E-state index contributed by atoms with van der Waals surface area (Å²) in [5.74, 6) is -0.286. The third kappa shape index (κ3) is 3.74. The maximum atomic E-state index is 14.3. The van der Waals surface area contributed by atoms with Crippen LogP contribution in [0, 0.1) is 11.6 Å². The zero-order valence-corrected chi connectivity index (χ0v) is 17.7. The number of fused-ring (bicyclic) bond motifs is 1. The van der Waals surface area contributed by atoms with E-state index < -0.39 is 11.6 Å². The van der Waals surface area contributed by atoms with Crippen LogP contribution in [-0.4, -0.2) is 19.8 Å². The van der Waals surface area contributed by atoms with Crippen molar-refractivity contribution in [1.29, 1.82) is 0 Å². The molecule has 10 heteroatoms. The average molecular weight is 475 g/mol. The molecule has 154 valence electrons. The molecule has 0 saturated carbocycles. The van der Waals surface area contributed by atoms with Crippen molar-refractivity contribution in [2.75, 3.05) is 0 Å². The monoisotopic (exact) mass is 474 g/mol. The van der Waals surface area contributed by atoms with Crippen molar-refractivity contribution < 1.29 is 13.5 Å².